The first kappa shape index (κ1) is 33.6. The van der Waals surface area contributed by atoms with Crippen LogP contribution in [-0.4, -0.2) is 69.2 Å². The molecule has 0 aliphatic heterocycles. The molecule has 2 aromatic heterocycles. The van der Waals surface area contributed by atoms with Crippen LogP contribution in [0, 0.1) is 5.92 Å². The Morgan fingerprint density at radius 3 is 2.48 bits per heavy atom. The van der Waals surface area contributed by atoms with Crippen molar-refractivity contribution in [1.29, 1.82) is 0 Å². The first-order valence-electron chi connectivity index (χ1n) is 14.0. The third kappa shape index (κ3) is 11.1. The number of fused-ring (bicyclic) bond motifs is 1. The predicted octanol–water partition coefficient (Wildman–Crippen LogP) is 3.63. The highest BCUT2D eigenvalue weighted by Crippen LogP contribution is 2.37. The van der Waals surface area contributed by atoms with Crippen molar-refractivity contribution in [1.82, 2.24) is 29.7 Å². The Morgan fingerprint density at radius 2 is 1.77 bits per heavy atom. The van der Waals surface area contributed by atoms with Gasteiger partial charge in [-0.1, -0.05) is 39.5 Å². The van der Waals surface area contributed by atoms with Crippen LogP contribution in [0.4, 0.5) is 5.82 Å². The molecular formula is C26H46N7O6P. The van der Waals surface area contributed by atoms with Gasteiger partial charge in [0.2, 0.25) is 7.44 Å². The van der Waals surface area contributed by atoms with Crippen LogP contribution in [0.1, 0.15) is 73.6 Å². The van der Waals surface area contributed by atoms with Crippen LogP contribution in [0.25, 0.3) is 11.2 Å². The Morgan fingerprint density at radius 1 is 1.05 bits per heavy atom. The second kappa shape index (κ2) is 16.6. The molecule has 226 valence electrons. The van der Waals surface area contributed by atoms with Crippen LogP contribution in [0.2, 0.25) is 0 Å². The normalized spacial score (nSPS) is 15.5. The second-order valence-corrected chi connectivity index (χ2v) is 12.7. The van der Waals surface area contributed by atoms with E-state index in [9.17, 15) is 14.2 Å². The maximum absolute atomic E-state index is 13.9. The molecule has 4 atom stereocenters. The number of nitrogens with one attached hydrogen (secondary N) is 2. The highest BCUT2D eigenvalue weighted by molar-refractivity contribution is 7.59. The van der Waals surface area contributed by atoms with Crippen LogP contribution in [0.15, 0.2) is 12.7 Å². The Labute approximate surface area is 236 Å². The maximum Gasteiger partial charge on any atom is 0.323 e. The average Bonchev–Trinajstić information content (AvgIpc) is 3.31. The van der Waals surface area contributed by atoms with E-state index in [-0.39, 0.29) is 24.8 Å². The van der Waals surface area contributed by atoms with Gasteiger partial charge in [0.25, 0.3) is 0 Å². The molecule has 0 unspecified atom stereocenters. The van der Waals surface area contributed by atoms with Crippen molar-refractivity contribution in [2.45, 2.75) is 98.4 Å². The van der Waals surface area contributed by atoms with E-state index in [2.05, 4.69) is 32.1 Å². The molecule has 14 heteroatoms. The van der Waals surface area contributed by atoms with E-state index < -0.39 is 37.4 Å². The highest BCUT2D eigenvalue weighted by atomic mass is 31.2. The number of ether oxygens (including phenoxy) is 3. The highest BCUT2D eigenvalue weighted by Gasteiger charge is 2.30. The number of carbonyl (C=O) groups is 2. The minimum atomic E-state index is -3.51. The molecule has 0 saturated carbocycles. The summed E-state index contributed by atoms with van der Waals surface area (Å²) < 4.78 is 32.3. The van der Waals surface area contributed by atoms with E-state index in [0.717, 1.165) is 32.1 Å². The number of hydrogen-bond donors (Lipinski definition) is 3. The molecule has 4 N–H and O–H groups in total. The number of nitrogen functional groups attached to an aromatic ring is 1. The van der Waals surface area contributed by atoms with E-state index in [0.29, 0.717) is 24.3 Å². The van der Waals surface area contributed by atoms with Gasteiger partial charge in [-0.3, -0.25) is 19.2 Å². The maximum atomic E-state index is 13.9. The number of aromatic nitrogens is 4. The van der Waals surface area contributed by atoms with Crippen LogP contribution in [-0.2, 0) is 34.9 Å². The molecule has 0 amide bonds. The lowest BCUT2D eigenvalue weighted by molar-refractivity contribution is -0.151. The smallest absolute Gasteiger partial charge is 0.323 e. The molecule has 2 heterocycles. The molecule has 0 fully saturated rings. The number of hydrogen-bond acceptors (Lipinski definition) is 10. The number of esters is 2. The Hall–Kier alpha value is -2.60. The van der Waals surface area contributed by atoms with Gasteiger partial charge in [-0.05, 0) is 34.1 Å². The molecule has 0 aliphatic rings. The lowest BCUT2D eigenvalue weighted by Crippen LogP contribution is -2.40. The minimum absolute atomic E-state index is 0.0646. The van der Waals surface area contributed by atoms with Crippen molar-refractivity contribution in [3.05, 3.63) is 12.7 Å². The first-order chi connectivity index (χ1) is 19.0. The van der Waals surface area contributed by atoms with Crippen molar-refractivity contribution in [2.24, 2.45) is 5.92 Å². The summed E-state index contributed by atoms with van der Waals surface area (Å²) in [5.74, 6) is -1.20. The van der Waals surface area contributed by atoms with E-state index >= 15 is 0 Å². The second-order valence-electron chi connectivity index (χ2n) is 10.4. The molecule has 2 aromatic rings. The lowest BCUT2D eigenvalue weighted by Gasteiger charge is -2.26. The SMILES string of the molecule is CCCCCCCOC(=O)[C@H](C)N[P@@](=O)(CO[C@H](C)Cn1cnc2c(N)ncnc21)NC[C@H](C)C(=O)OC(C)C. The monoisotopic (exact) mass is 583 g/mol. The molecule has 0 bridgehead atoms. The number of carbonyl (C=O) groups excluding carboxylic acids is 2. The van der Waals surface area contributed by atoms with E-state index in [1.807, 2.05) is 6.92 Å². The van der Waals surface area contributed by atoms with Gasteiger partial charge in [0, 0.05) is 6.54 Å². The summed E-state index contributed by atoms with van der Waals surface area (Å²) in [5, 5.41) is 5.81. The van der Waals surface area contributed by atoms with Gasteiger partial charge < -0.3 is 24.5 Å². The van der Waals surface area contributed by atoms with E-state index in [1.165, 1.54) is 6.33 Å². The number of anilines is 1. The fourth-order valence-electron chi connectivity index (χ4n) is 3.81. The fraction of sp³-hybridized carbons (Fsp3) is 0.731. The van der Waals surface area contributed by atoms with Gasteiger partial charge in [0.15, 0.2) is 11.5 Å². The zero-order valence-electron chi connectivity index (χ0n) is 24.6. The van der Waals surface area contributed by atoms with Gasteiger partial charge in [0.1, 0.15) is 24.2 Å². The molecule has 2 rings (SSSR count). The van der Waals surface area contributed by atoms with Gasteiger partial charge in [-0.2, -0.15) is 0 Å². The number of rotatable bonds is 19. The summed E-state index contributed by atoms with van der Waals surface area (Å²) in [7, 11) is -3.51. The van der Waals surface area contributed by atoms with E-state index in [1.54, 1.807) is 38.6 Å². The summed E-state index contributed by atoms with van der Waals surface area (Å²) in [4.78, 5) is 37.3. The molecule has 13 nitrogen and oxygen atoms in total. The standard InChI is InChI=1S/C26H46N7O6P/c1-7-8-9-10-11-12-37-26(35)21(6)32-40(36,31-13-19(4)25(34)39-18(2)3)17-38-20(5)14-33-16-30-22-23(27)28-15-29-24(22)33/h15-16,18-21H,7-14,17H2,1-6H3,(H2,27,28,29)(H2,31,32,36)/t19-,20+,21-,40+/m0/s1. The summed E-state index contributed by atoms with van der Waals surface area (Å²) in [6.07, 6.45) is 7.21. The number of nitrogens with two attached hydrogens (primary N) is 1. The molecular weight excluding hydrogens is 537 g/mol. The number of nitrogens with zero attached hydrogens (tertiary/aromatic N) is 4. The van der Waals surface area contributed by atoms with Gasteiger partial charge in [-0.15, -0.1) is 0 Å². The lowest BCUT2D eigenvalue weighted by atomic mass is 10.2. The molecule has 0 saturated heterocycles. The number of unbranched alkanes of at least 4 members (excludes halogenated alkanes) is 4. The van der Waals surface area contributed by atoms with Gasteiger partial charge >= 0.3 is 11.9 Å². The van der Waals surface area contributed by atoms with E-state index in [4.69, 9.17) is 19.9 Å². The van der Waals surface area contributed by atoms with Crippen LogP contribution in [0.5, 0.6) is 0 Å². The zero-order chi connectivity index (χ0) is 29.7. The predicted molar refractivity (Wildman–Crippen MR) is 153 cm³/mol. The molecule has 0 radical (unpaired) electrons. The van der Waals surface area contributed by atoms with Crippen molar-refractivity contribution < 1.29 is 28.4 Å². The van der Waals surface area contributed by atoms with Gasteiger partial charge in [-0.25, -0.2) is 20.0 Å². The van der Waals surface area contributed by atoms with Crippen LogP contribution < -0.4 is 15.9 Å². The topological polar surface area (TPSA) is 173 Å². The fourth-order valence-corrected chi connectivity index (χ4v) is 5.83. The molecule has 0 aliphatic carbocycles. The zero-order valence-corrected chi connectivity index (χ0v) is 25.5. The third-order valence-electron chi connectivity index (χ3n) is 6.08. The van der Waals surface area contributed by atoms with Crippen molar-refractivity contribution in [3.8, 4) is 0 Å². The van der Waals surface area contributed by atoms with Crippen molar-refractivity contribution >= 4 is 36.4 Å². The summed E-state index contributed by atoms with van der Waals surface area (Å²) >= 11 is 0. The Bertz CT molecular complexity index is 1130. The van der Waals surface area contributed by atoms with Crippen molar-refractivity contribution in [3.63, 3.8) is 0 Å². The third-order valence-corrected chi connectivity index (χ3v) is 8.09. The average molecular weight is 584 g/mol. The molecule has 0 spiro atoms. The van der Waals surface area contributed by atoms with Gasteiger partial charge in [0.05, 0.1) is 37.6 Å². The largest absolute Gasteiger partial charge is 0.465 e. The summed E-state index contributed by atoms with van der Waals surface area (Å²) in [5.41, 5.74) is 6.92. The van der Waals surface area contributed by atoms with Crippen LogP contribution in [0.3, 0.4) is 0 Å². The summed E-state index contributed by atoms with van der Waals surface area (Å²) in [6, 6.07) is -0.858. The first-order valence-corrected chi connectivity index (χ1v) is 15.9. The molecule has 0 aromatic carbocycles. The Kier molecular flexibility index (Phi) is 14.0. The Balaban J connectivity index is 2.01. The quantitative estimate of drug-likeness (QED) is 0.125. The summed E-state index contributed by atoms with van der Waals surface area (Å²) in [6.45, 7) is 11.5. The molecule has 40 heavy (non-hydrogen) atoms. The number of imidazole rings is 1. The van der Waals surface area contributed by atoms with Crippen molar-refractivity contribution in [2.75, 3.05) is 25.2 Å². The van der Waals surface area contributed by atoms with Crippen LogP contribution >= 0.6 is 7.44 Å². The minimum Gasteiger partial charge on any atom is -0.465 e.